The quantitative estimate of drug-likeness (QED) is 0.748. The Hall–Kier alpha value is -2.29. The number of hydrogen-bond acceptors (Lipinski definition) is 4. The number of nitrogens with zero attached hydrogens (tertiary/aromatic N) is 3. The molecule has 0 aliphatic carbocycles. The molecule has 0 aromatic carbocycles. The van der Waals surface area contributed by atoms with E-state index >= 15 is 0 Å². The van der Waals surface area contributed by atoms with Crippen molar-refractivity contribution < 1.29 is 4.79 Å². The third-order valence-electron chi connectivity index (χ3n) is 3.01. The average Bonchev–Trinajstić information content (AvgIpc) is 2.92. The Kier molecular flexibility index (Phi) is 4.18. The zero-order valence-corrected chi connectivity index (χ0v) is 10.6. The van der Waals surface area contributed by atoms with Gasteiger partial charge in [0.25, 0.3) is 5.56 Å². The highest BCUT2D eigenvalue weighted by Gasteiger charge is 2.14. The zero-order valence-electron chi connectivity index (χ0n) is 10.6. The van der Waals surface area contributed by atoms with Gasteiger partial charge < -0.3 is 10.2 Å². The van der Waals surface area contributed by atoms with Crippen molar-refractivity contribution in [1.29, 1.82) is 0 Å². The maximum absolute atomic E-state index is 11.9. The van der Waals surface area contributed by atoms with Crippen molar-refractivity contribution in [2.75, 3.05) is 24.5 Å². The minimum absolute atomic E-state index is 0.110. The molecular formula is C13H16N4O2. The highest BCUT2D eigenvalue weighted by Crippen LogP contribution is 2.16. The van der Waals surface area contributed by atoms with Crippen LogP contribution in [0.5, 0.6) is 0 Å². The maximum atomic E-state index is 11.9. The van der Waals surface area contributed by atoms with Gasteiger partial charge in [0, 0.05) is 19.2 Å². The molecule has 1 aromatic rings. The van der Waals surface area contributed by atoms with Gasteiger partial charge in [0.2, 0.25) is 5.91 Å². The Labute approximate surface area is 111 Å². The summed E-state index contributed by atoms with van der Waals surface area (Å²) in [7, 11) is 0. The maximum Gasteiger partial charge on any atom is 0.269 e. The molecule has 1 aliphatic heterocycles. The van der Waals surface area contributed by atoms with Gasteiger partial charge in [-0.25, -0.2) is 4.68 Å². The summed E-state index contributed by atoms with van der Waals surface area (Å²) in [6, 6.07) is 1.52. The molecule has 1 N–H and O–H groups in total. The number of carbonyl (C=O) groups is 1. The van der Waals surface area contributed by atoms with Gasteiger partial charge in [-0.05, 0) is 12.8 Å². The number of aromatic nitrogens is 2. The standard InChI is InChI=1S/C13H16N4O2/c1-2-5-14-12(18)10-17-13(19)8-11(9-15-17)16-6-3-4-7-16/h1,8-9H,3-7,10H2,(H,14,18). The Morgan fingerprint density at radius 3 is 2.84 bits per heavy atom. The van der Waals surface area contributed by atoms with Crippen molar-refractivity contribution in [3.8, 4) is 12.3 Å². The largest absolute Gasteiger partial charge is 0.370 e. The van der Waals surface area contributed by atoms with Crippen LogP contribution in [0.3, 0.4) is 0 Å². The highest BCUT2D eigenvalue weighted by molar-refractivity contribution is 5.75. The molecule has 2 rings (SSSR count). The van der Waals surface area contributed by atoms with Crippen molar-refractivity contribution in [2.24, 2.45) is 0 Å². The molecule has 0 bridgehead atoms. The summed E-state index contributed by atoms with van der Waals surface area (Å²) < 4.78 is 1.13. The first kappa shape index (κ1) is 13.1. The van der Waals surface area contributed by atoms with E-state index in [2.05, 4.69) is 21.2 Å². The lowest BCUT2D eigenvalue weighted by Gasteiger charge is -2.16. The van der Waals surface area contributed by atoms with Gasteiger partial charge in [-0.2, -0.15) is 5.10 Å². The van der Waals surface area contributed by atoms with E-state index in [0.29, 0.717) is 0 Å². The second kappa shape index (κ2) is 6.05. The SMILES string of the molecule is C#CCNC(=O)Cn1ncc(N2CCCC2)cc1=O. The van der Waals surface area contributed by atoms with Crippen LogP contribution in [0.15, 0.2) is 17.1 Å². The molecule has 100 valence electrons. The molecule has 2 heterocycles. The van der Waals surface area contributed by atoms with Crippen molar-refractivity contribution in [2.45, 2.75) is 19.4 Å². The Balaban J connectivity index is 2.05. The van der Waals surface area contributed by atoms with E-state index in [1.165, 1.54) is 6.07 Å². The smallest absolute Gasteiger partial charge is 0.269 e. The Morgan fingerprint density at radius 1 is 1.47 bits per heavy atom. The molecule has 1 amide bonds. The Bertz CT molecular complexity index is 552. The fourth-order valence-corrected chi connectivity index (χ4v) is 2.03. The van der Waals surface area contributed by atoms with Crippen molar-refractivity contribution in [3.63, 3.8) is 0 Å². The number of rotatable bonds is 4. The average molecular weight is 260 g/mol. The minimum atomic E-state index is -0.318. The molecule has 19 heavy (non-hydrogen) atoms. The number of anilines is 1. The summed E-state index contributed by atoms with van der Waals surface area (Å²) >= 11 is 0. The molecule has 1 fully saturated rings. The summed E-state index contributed by atoms with van der Waals surface area (Å²) in [5.41, 5.74) is 0.544. The van der Waals surface area contributed by atoms with E-state index in [0.717, 1.165) is 36.3 Å². The van der Waals surface area contributed by atoms with Crippen molar-refractivity contribution in [3.05, 3.63) is 22.6 Å². The predicted octanol–water partition coefficient (Wildman–Crippen LogP) is -0.407. The highest BCUT2D eigenvalue weighted by atomic mass is 16.2. The lowest BCUT2D eigenvalue weighted by atomic mass is 10.4. The van der Waals surface area contributed by atoms with Crippen LogP contribution in [-0.4, -0.2) is 35.3 Å². The molecule has 1 saturated heterocycles. The molecule has 0 spiro atoms. The number of terminal acetylenes is 1. The third-order valence-corrected chi connectivity index (χ3v) is 3.01. The molecule has 6 heteroatoms. The number of hydrogen-bond donors (Lipinski definition) is 1. The van der Waals surface area contributed by atoms with Gasteiger partial charge in [0.05, 0.1) is 18.4 Å². The molecule has 6 nitrogen and oxygen atoms in total. The molecular weight excluding hydrogens is 244 g/mol. The van der Waals surface area contributed by atoms with Gasteiger partial charge >= 0.3 is 0 Å². The fourth-order valence-electron chi connectivity index (χ4n) is 2.03. The van der Waals surface area contributed by atoms with Crippen LogP contribution in [0.1, 0.15) is 12.8 Å². The molecule has 0 unspecified atom stereocenters. The van der Waals surface area contributed by atoms with Crippen molar-refractivity contribution in [1.82, 2.24) is 15.1 Å². The third kappa shape index (κ3) is 3.35. The lowest BCUT2D eigenvalue weighted by molar-refractivity contribution is -0.121. The van der Waals surface area contributed by atoms with Gasteiger partial charge in [0.15, 0.2) is 0 Å². The molecule has 0 atom stereocenters. The van der Waals surface area contributed by atoms with Crippen LogP contribution in [-0.2, 0) is 11.3 Å². The zero-order chi connectivity index (χ0) is 13.7. The fraction of sp³-hybridized carbons (Fsp3) is 0.462. The second-order valence-electron chi connectivity index (χ2n) is 4.38. The van der Waals surface area contributed by atoms with E-state index in [1.807, 2.05) is 0 Å². The van der Waals surface area contributed by atoms with Gasteiger partial charge in [0.1, 0.15) is 6.54 Å². The van der Waals surface area contributed by atoms with Gasteiger partial charge in [-0.15, -0.1) is 6.42 Å². The molecule has 1 aliphatic rings. The number of nitrogens with one attached hydrogen (secondary N) is 1. The van der Waals surface area contributed by atoms with Crippen LogP contribution < -0.4 is 15.8 Å². The predicted molar refractivity (Wildman–Crippen MR) is 71.8 cm³/mol. The van der Waals surface area contributed by atoms with Gasteiger partial charge in [-0.1, -0.05) is 5.92 Å². The number of carbonyl (C=O) groups excluding carboxylic acids is 1. The number of amides is 1. The monoisotopic (exact) mass is 260 g/mol. The Morgan fingerprint density at radius 2 is 2.21 bits per heavy atom. The van der Waals surface area contributed by atoms with E-state index in [9.17, 15) is 9.59 Å². The van der Waals surface area contributed by atoms with Crippen molar-refractivity contribution >= 4 is 11.6 Å². The first-order valence-electron chi connectivity index (χ1n) is 6.23. The summed E-state index contributed by atoms with van der Waals surface area (Å²) in [6.07, 6.45) is 8.93. The topological polar surface area (TPSA) is 67.2 Å². The first-order valence-corrected chi connectivity index (χ1v) is 6.23. The van der Waals surface area contributed by atoms with E-state index in [4.69, 9.17) is 6.42 Å². The van der Waals surface area contributed by atoms with Crippen LogP contribution in [0.25, 0.3) is 0 Å². The summed E-state index contributed by atoms with van der Waals surface area (Å²) in [5.74, 6) is 1.98. The summed E-state index contributed by atoms with van der Waals surface area (Å²) in [4.78, 5) is 25.4. The van der Waals surface area contributed by atoms with Crippen LogP contribution >= 0.6 is 0 Å². The molecule has 0 radical (unpaired) electrons. The minimum Gasteiger partial charge on any atom is -0.370 e. The first-order chi connectivity index (χ1) is 9.20. The van der Waals surface area contributed by atoms with E-state index in [1.54, 1.807) is 6.20 Å². The van der Waals surface area contributed by atoms with Crippen LogP contribution in [0.4, 0.5) is 5.69 Å². The normalized spacial score (nSPS) is 14.2. The van der Waals surface area contributed by atoms with E-state index < -0.39 is 0 Å². The second-order valence-corrected chi connectivity index (χ2v) is 4.38. The molecule has 0 saturated carbocycles. The van der Waals surface area contributed by atoms with Gasteiger partial charge in [-0.3, -0.25) is 9.59 Å². The lowest BCUT2D eigenvalue weighted by Crippen LogP contribution is -2.34. The summed E-state index contributed by atoms with van der Waals surface area (Å²) in [6.45, 7) is 1.95. The summed E-state index contributed by atoms with van der Waals surface area (Å²) in [5, 5.41) is 6.51. The van der Waals surface area contributed by atoms with Crippen LogP contribution in [0.2, 0.25) is 0 Å². The van der Waals surface area contributed by atoms with E-state index in [-0.39, 0.29) is 24.6 Å². The van der Waals surface area contributed by atoms with Crippen LogP contribution in [0, 0.1) is 12.3 Å². The molecule has 1 aromatic heterocycles.